The topological polar surface area (TPSA) is 92.5 Å². The lowest BCUT2D eigenvalue weighted by molar-refractivity contribution is -0.146. The molecule has 2 unspecified atom stereocenters. The van der Waals surface area contributed by atoms with E-state index in [0.717, 1.165) is 0 Å². The predicted octanol–water partition coefficient (Wildman–Crippen LogP) is 1.05. The van der Waals surface area contributed by atoms with E-state index in [1.807, 2.05) is 6.92 Å². The van der Waals surface area contributed by atoms with Crippen molar-refractivity contribution in [1.82, 2.24) is 14.7 Å². The summed E-state index contributed by atoms with van der Waals surface area (Å²) in [4.78, 5) is 37.8. The number of hydrogen-bond donors (Lipinski definition) is 1. The van der Waals surface area contributed by atoms with Crippen LogP contribution in [0.25, 0.3) is 10.8 Å². The van der Waals surface area contributed by atoms with Gasteiger partial charge < -0.3 is 10.0 Å². The van der Waals surface area contributed by atoms with E-state index >= 15 is 0 Å². The number of hydrogen-bond acceptors (Lipinski definition) is 4. The Hall–Kier alpha value is -2.70. The molecule has 1 aromatic carbocycles. The van der Waals surface area contributed by atoms with Gasteiger partial charge in [0.2, 0.25) is 5.91 Å². The third kappa shape index (κ3) is 3.40. The zero-order valence-electron chi connectivity index (χ0n) is 14.3. The van der Waals surface area contributed by atoms with Gasteiger partial charge in [0.25, 0.3) is 5.56 Å². The van der Waals surface area contributed by atoms with Gasteiger partial charge in [-0.3, -0.25) is 14.4 Å². The minimum atomic E-state index is -0.866. The number of aliphatic carboxylic acids is 1. The van der Waals surface area contributed by atoms with Crippen molar-refractivity contribution in [2.24, 2.45) is 18.9 Å². The Balaban J connectivity index is 1.88. The number of aromatic nitrogens is 2. The summed E-state index contributed by atoms with van der Waals surface area (Å²) in [6, 6.07) is 7.09. The van der Waals surface area contributed by atoms with Crippen LogP contribution in [0.1, 0.15) is 19.0 Å². The molecule has 1 amide bonds. The molecule has 1 aliphatic rings. The molecule has 1 N–H and O–H groups in total. The highest BCUT2D eigenvalue weighted by Gasteiger charge is 2.32. The Morgan fingerprint density at radius 1 is 1.24 bits per heavy atom. The molecule has 2 atom stereocenters. The van der Waals surface area contributed by atoms with Crippen molar-refractivity contribution < 1.29 is 14.7 Å². The van der Waals surface area contributed by atoms with Gasteiger partial charge in [0.15, 0.2) is 0 Å². The fourth-order valence-electron chi connectivity index (χ4n) is 3.50. The third-order valence-corrected chi connectivity index (χ3v) is 4.71. The lowest BCUT2D eigenvalue weighted by Gasteiger charge is -2.34. The van der Waals surface area contributed by atoms with Crippen LogP contribution in [0.3, 0.4) is 0 Å². The molecule has 1 aromatic heterocycles. The van der Waals surface area contributed by atoms with Crippen molar-refractivity contribution in [3.63, 3.8) is 0 Å². The van der Waals surface area contributed by atoms with Crippen LogP contribution in [0.15, 0.2) is 29.1 Å². The van der Waals surface area contributed by atoms with Crippen LogP contribution in [-0.2, 0) is 23.1 Å². The standard InChI is InChI=1S/C18H21N3O4/c1-11-7-12(18(24)25)10-21(9-11)16(22)8-15-13-5-3-4-6-14(13)17(23)20(2)19-15/h3-6,11-12H,7-10H2,1-2H3,(H,24,25). The molecule has 7 nitrogen and oxygen atoms in total. The van der Waals surface area contributed by atoms with Gasteiger partial charge in [0.05, 0.1) is 23.4 Å². The third-order valence-electron chi connectivity index (χ3n) is 4.71. The molecule has 0 aliphatic carbocycles. The number of benzene rings is 1. The molecule has 1 fully saturated rings. The number of carboxylic acids is 1. The molecule has 0 bridgehead atoms. The Labute approximate surface area is 144 Å². The van der Waals surface area contributed by atoms with E-state index < -0.39 is 11.9 Å². The SMILES string of the molecule is CC1CC(C(=O)O)CN(C(=O)Cc2nn(C)c(=O)c3ccccc23)C1. The zero-order chi connectivity index (χ0) is 18.1. The van der Waals surface area contributed by atoms with E-state index in [1.165, 1.54) is 4.68 Å². The van der Waals surface area contributed by atoms with Gasteiger partial charge >= 0.3 is 5.97 Å². The van der Waals surface area contributed by atoms with Crippen LogP contribution in [0.4, 0.5) is 0 Å². The van der Waals surface area contributed by atoms with E-state index in [0.29, 0.717) is 29.4 Å². The molecule has 0 saturated carbocycles. The van der Waals surface area contributed by atoms with Crippen molar-refractivity contribution in [3.05, 3.63) is 40.3 Å². The first kappa shape index (κ1) is 17.1. The highest BCUT2D eigenvalue weighted by atomic mass is 16.4. The number of fused-ring (bicyclic) bond motifs is 1. The summed E-state index contributed by atoms with van der Waals surface area (Å²) in [6.45, 7) is 2.73. The van der Waals surface area contributed by atoms with E-state index in [-0.39, 0.29) is 30.3 Å². The number of rotatable bonds is 3. The lowest BCUT2D eigenvalue weighted by Crippen LogP contribution is -2.46. The molecule has 0 spiro atoms. The molecule has 7 heteroatoms. The molecule has 25 heavy (non-hydrogen) atoms. The fraction of sp³-hybridized carbons (Fsp3) is 0.444. The summed E-state index contributed by atoms with van der Waals surface area (Å²) in [5.74, 6) is -1.41. The van der Waals surface area contributed by atoms with Gasteiger partial charge in [-0.15, -0.1) is 0 Å². The smallest absolute Gasteiger partial charge is 0.308 e. The maximum atomic E-state index is 12.7. The Bertz CT molecular complexity index is 890. The number of carboxylic acid groups (broad SMARTS) is 1. The average molecular weight is 343 g/mol. The summed E-state index contributed by atoms with van der Waals surface area (Å²) in [5.41, 5.74) is 0.331. The molecular formula is C18H21N3O4. The minimum Gasteiger partial charge on any atom is -0.481 e. The number of aryl methyl sites for hydroxylation is 1. The first-order chi connectivity index (χ1) is 11.9. The molecule has 2 aromatic rings. The molecule has 1 saturated heterocycles. The number of piperidine rings is 1. The first-order valence-electron chi connectivity index (χ1n) is 8.32. The number of likely N-dealkylation sites (tertiary alicyclic amines) is 1. The highest BCUT2D eigenvalue weighted by molar-refractivity contribution is 5.88. The van der Waals surface area contributed by atoms with Crippen LogP contribution >= 0.6 is 0 Å². The molecule has 2 heterocycles. The van der Waals surface area contributed by atoms with Crippen molar-refractivity contribution in [1.29, 1.82) is 0 Å². The Morgan fingerprint density at radius 2 is 1.92 bits per heavy atom. The second kappa shape index (κ2) is 6.66. The monoisotopic (exact) mass is 343 g/mol. The van der Waals surface area contributed by atoms with Crippen LogP contribution in [-0.4, -0.2) is 44.8 Å². The minimum absolute atomic E-state index is 0.0493. The lowest BCUT2D eigenvalue weighted by atomic mass is 9.90. The predicted molar refractivity (Wildman–Crippen MR) is 92.2 cm³/mol. The van der Waals surface area contributed by atoms with E-state index in [2.05, 4.69) is 5.10 Å². The Morgan fingerprint density at radius 3 is 2.60 bits per heavy atom. The summed E-state index contributed by atoms with van der Waals surface area (Å²) in [5, 5.41) is 14.7. The quantitative estimate of drug-likeness (QED) is 0.899. The molecule has 3 rings (SSSR count). The maximum absolute atomic E-state index is 12.7. The molecular weight excluding hydrogens is 322 g/mol. The second-order valence-corrected chi connectivity index (χ2v) is 6.77. The average Bonchev–Trinajstić information content (AvgIpc) is 2.58. The van der Waals surface area contributed by atoms with Gasteiger partial charge in [0, 0.05) is 25.5 Å². The largest absolute Gasteiger partial charge is 0.481 e. The summed E-state index contributed by atoms with van der Waals surface area (Å²) in [7, 11) is 1.56. The van der Waals surface area contributed by atoms with Gasteiger partial charge in [-0.1, -0.05) is 25.1 Å². The van der Waals surface area contributed by atoms with Gasteiger partial charge in [-0.05, 0) is 18.4 Å². The molecule has 132 valence electrons. The van der Waals surface area contributed by atoms with Crippen molar-refractivity contribution in [2.75, 3.05) is 13.1 Å². The first-order valence-corrected chi connectivity index (χ1v) is 8.32. The molecule has 0 radical (unpaired) electrons. The van der Waals surface area contributed by atoms with Crippen LogP contribution < -0.4 is 5.56 Å². The van der Waals surface area contributed by atoms with E-state index in [9.17, 15) is 19.5 Å². The normalized spacial score (nSPS) is 20.6. The zero-order valence-corrected chi connectivity index (χ0v) is 14.3. The maximum Gasteiger partial charge on any atom is 0.308 e. The number of amides is 1. The molecule has 1 aliphatic heterocycles. The van der Waals surface area contributed by atoms with Crippen molar-refractivity contribution in [3.8, 4) is 0 Å². The van der Waals surface area contributed by atoms with Crippen LogP contribution in [0.5, 0.6) is 0 Å². The van der Waals surface area contributed by atoms with Crippen LogP contribution in [0.2, 0.25) is 0 Å². The van der Waals surface area contributed by atoms with Crippen molar-refractivity contribution >= 4 is 22.6 Å². The van der Waals surface area contributed by atoms with E-state index in [4.69, 9.17) is 0 Å². The van der Waals surface area contributed by atoms with Crippen molar-refractivity contribution in [2.45, 2.75) is 19.8 Å². The van der Waals surface area contributed by atoms with Gasteiger partial charge in [0.1, 0.15) is 0 Å². The highest BCUT2D eigenvalue weighted by Crippen LogP contribution is 2.23. The van der Waals surface area contributed by atoms with Gasteiger partial charge in [-0.2, -0.15) is 5.10 Å². The number of carbonyl (C=O) groups is 2. The fourth-order valence-corrected chi connectivity index (χ4v) is 3.50. The Kier molecular flexibility index (Phi) is 4.57. The summed E-state index contributed by atoms with van der Waals surface area (Å²) in [6.07, 6.45) is 0.633. The van der Waals surface area contributed by atoms with E-state index in [1.54, 1.807) is 36.2 Å². The second-order valence-electron chi connectivity index (χ2n) is 6.77. The summed E-state index contributed by atoms with van der Waals surface area (Å²) >= 11 is 0. The number of carbonyl (C=O) groups excluding carboxylic acids is 1. The summed E-state index contributed by atoms with van der Waals surface area (Å²) < 4.78 is 1.24. The number of nitrogens with zero attached hydrogens (tertiary/aromatic N) is 3. The van der Waals surface area contributed by atoms with Gasteiger partial charge in [-0.25, -0.2) is 4.68 Å². The van der Waals surface area contributed by atoms with Crippen LogP contribution in [0, 0.1) is 11.8 Å².